The number of anilines is 1. The highest BCUT2D eigenvalue weighted by Crippen LogP contribution is 2.27. The van der Waals surface area contributed by atoms with Crippen molar-refractivity contribution in [3.8, 4) is 5.75 Å². The van der Waals surface area contributed by atoms with Crippen LogP contribution >= 0.6 is 0 Å². The first-order valence-electron chi connectivity index (χ1n) is 13.7. The fourth-order valence-electron chi connectivity index (χ4n) is 5.66. The van der Waals surface area contributed by atoms with E-state index in [9.17, 15) is 9.59 Å². The first kappa shape index (κ1) is 26.0. The van der Waals surface area contributed by atoms with Gasteiger partial charge in [0, 0.05) is 31.9 Å². The molecule has 0 saturated carbocycles. The lowest BCUT2D eigenvalue weighted by atomic mass is 9.87. The number of ether oxygens (including phenoxy) is 1. The van der Waals surface area contributed by atoms with Gasteiger partial charge >= 0.3 is 0 Å². The first-order valence-corrected chi connectivity index (χ1v) is 13.7. The second kappa shape index (κ2) is 12.3. The van der Waals surface area contributed by atoms with E-state index < -0.39 is 0 Å². The molecule has 2 N–H and O–H groups in total. The van der Waals surface area contributed by atoms with Crippen LogP contribution in [-0.2, 0) is 35.4 Å². The molecule has 2 amide bonds. The van der Waals surface area contributed by atoms with Crippen molar-refractivity contribution in [1.82, 2.24) is 10.2 Å². The van der Waals surface area contributed by atoms with Crippen molar-refractivity contribution in [2.75, 3.05) is 32.1 Å². The average Bonchev–Trinajstić information content (AvgIpc) is 3.43. The highest BCUT2D eigenvalue weighted by Gasteiger charge is 2.35. The third kappa shape index (κ3) is 6.62. The Balaban J connectivity index is 1.24. The summed E-state index contributed by atoms with van der Waals surface area (Å²) in [7, 11) is 1.64. The molecule has 2 atom stereocenters. The van der Waals surface area contributed by atoms with Crippen molar-refractivity contribution < 1.29 is 14.3 Å². The van der Waals surface area contributed by atoms with Crippen LogP contribution in [0.2, 0.25) is 0 Å². The summed E-state index contributed by atoms with van der Waals surface area (Å²) >= 11 is 0. The third-order valence-electron chi connectivity index (χ3n) is 7.82. The zero-order valence-corrected chi connectivity index (χ0v) is 22.1. The minimum atomic E-state index is -0.246. The van der Waals surface area contributed by atoms with Crippen molar-refractivity contribution in [2.45, 2.75) is 38.6 Å². The Morgan fingerprint density at radius 3 is 2.37 bits per heavy atom. The quantitative estimate of drug-likeness (QED) is 0.440. The maximum absolute atomic E-state index is 13.4. The number of methoxy groups -OCH3 is 1. The number of fused-ring (bicyclic) bond motifs is 1. The Morgan fingerprint density at radius 1 is 0.868 bits per heavy atom. The van der Waals surface area contributed by atoms with Gasteiger partial charge < -0.3 is 20.3 Å². The Hall–Kier alpha value is -3.64. The van der Waals surface area contributed by atoms with Crippen LogP contribution < -0.4 is 15.4 Å². The summed E-state index contributed by atoms with van der Waals surface area (Å²) in [5, 5.41) is 6.25. The number of nitrogens with zero attached hydrogens (tertiary/aromatic N) is 1. The Kier molecular flexibility index (Phi) is 8.39. The SMILES string of the molecule is COc1ccc(CNC(=O)[C@H]2C[C@@H](C(=O)Nc3ccc4c(c3)CCC4)CN(CCc3ccccc3)C2)cc1. The van der Waals surface area contributed by atoms with Crippen LogP contribution in [-0.4, -0.2) is 43.5 Å². The lowest BCUT2D eigenvalue weighted by Crippen LogP contribution is -2.49. The minimum Gasteiger partial charge on any atom is -0.497 e. The molecule has 198 valence electrons. The smallest absolute Gasteiger partial charge is 0.228 e. The van der Waals surface area contributed by atoms with E-state index in [1.807, 2.05) is 48.5 Å². The van der Waals surface area contributed by atoms with Crippen LogP contribution in [0.25, 0.3) is 0 Å². The molecule has 1 heterocycles. The number of rotatable bonds is 9. The second-order valence-corrected chi connectivity index (χ2v) is 10.5. The fourth-order valence-corrected chi connectivity index (χ4v) is 5.66. The topological polar surface area (TPSA) is 70.7 Å². The van der Waals surface area contributed by atoms with Crippen LogP contribution in [0.5, 0.6) is 5.75 Å². The molecule has 1 aliphatic heterocycles. The van der Waals surface area contributed by atoms with E-state index in [1.54, 1.807) is 7.11 Å². The van der Waals surface area contributed by atoms with Crippen molar-refractivity contribution in [3.05, 3.63) is 95.1 Å². The molecule has 0 radical (unpaired) electrons. The minimum absolute atomic E-state index is 0.000289. The molecule has 3 aromatic carbocycles. The van der Waals surface area contributed by atoms with Crippen LogP contribution in [0, 0.1) is 11.8 Å². The summed E-state index contributed by atoms with van der Waals surface area (Å²) in [6.45, 7) is 2.58. The summed E-state index contributed by atoms with van der Waals surface area (Å²) in [6.07, 6.45) is 4.81. The zero-order chi connectivity index (χ0) is 26.3. The normalized spacial score (nSPS) is 19.0. The van der Waals surface area contributed by atoms with Crippen molar-refractivity contribution >= 4 is 17.5 Å². The monoisotopic (exact) mass is 511 g/mol. The molecule has 0 spiro atoms. The van der Waals surface area contributed by atoms with Gasteiger partial charge in [0.2, 0.25) is 11.8 Å². The molecule has 6 nitrogen and oxygen atoms in total. The van der Waals surface area contributed by atoms with Gasteiger partial charge in [-0.25, -0.2) is 0 Å². The van der Waals surface area contributed by atoms with E-state index in [2.05, 4.69) is 39.8 Å². The molecule has 1 saturated heterocycles. The summed E-state index contributed by atoms with van der Waals surface area (Å²) in [6, 6.07) is 24.3. The van der Waals surface area contributed by atoms with Crippen molar-refractivity contribution in [3.63, 3.8) is 0 Å². The lowest BCUT2D eigenvalue weighted by Gasteiger charge is -2.36. The fraction of sp³-hybridized carbons (Fsp3) is 0.375. The van der Waals surface area contributed by atoms with Gasteiger partial charge in [-0.05, 0) is 78.6 Å². The molecule has 38 heavy (non-hydrogen) atoms. The van der Waals surface area contributed by atoms with Crippen molar-refractivity contribution in [2.24, 2.45) is 11.8 Å². The van der Waals surface area contributed by atoms with Gasteiger partial charge in [0.05, 0.1) is 18.9 Å². The number of aryl methyl sites for hydroxylation is 2. The van der Waals surface area contributed by atoms with E-state index in [-0.39, 0.29) is 23.7 Å². The van der Waals surface area contributed by atoms with Crippen molar-refractivity contribution in [1.29, 1.82) is 0 Å². The van der Waals surface area contributed by atoms with Crippen LogP contribution in [0.4, 0.5) is 5.69 Å². The summed E-state index contributed by atoms with van der Waals surface area (Å²) in [4.78, 5) is 29.0. The van der Waals surface area contributed by atoms with Gasteiger partial charge in [-0.3, -0.25) is 9.59 Å². The van der Waals surface area contributed by atoms with E-state index in [0.717, 1.165) is 42.8 Å². The molecule has 0 unspecified atom stereocenters. The third-order valence-corrected chi connectivity index (χ3v) is 7.82. The number of nitrogens with one attached hydrogen (secondary N) is 2. The summed E-state index contributed by atoms with van der Waals surface area (Å²) in [5.41, 5.74) is 5.87. The largest absolute Gasteiger partial charge is 0.497 e. The maximum Gasteiger partial charge on any atom is 0.228 e. The summed E-state index contributed by atoms with van der Waals surface area (Å²) in [5.74, 6) is 0.303. The van der Waals surface area contributed by atoms with E-state index in [1.165, 1.54) is 23.1 Å². The number of piperidine rings is 1. The molecular weight excluding hydrogens is 474 g/mol. The number of likely N-dealkylation sites (tertiary alicyclic amines) is 1. The molecule has 0 bridgehead atoms. The number of carbonyl (C=O) groups is 2. The first-order chi connectivity index (χ1) is 18.6. The molecule has 6 heteroatoms. The Labute approximate surface area is 225 Å². The molecule has 1 aliphatic carbocycles. The molecule has 2 aliphatic rings. The molecular formula is C32H37N3O3. The van der Waals surface area contributed by atoms with Gasteiger partial charge in [-0.1, -0.05) is 48.5 Å². The van der Waals surface area contributed by atoms with Crippen LogP contribution in [0.15, 0.2) is 72.8 Å². The van der Waals surface area contributed by atoms with Crippen LogP contribution in [0.3, 0.4) is 0 Å². The van der Waals surface area contributed by atoms with Gasteiger partial charge in [-0.2, -0.15) is 0 Å². The maximum atomic E-state index is 13.4. The summed E-state index contributed by atoms with van der Waals surface area (Å²) < 4.78 is 5.22. The zero-order valence-electron chi connectivity index (χ0n) is 22.1. The Morgan fingerprint density at radius 2 is 1.61 bits per heavy atom. The second-order valence-electron chi connectivity index (χ2n) is 10.5. The van der Waals surface area contributed by atoms with Gasteiger partial charge in [-0.15, -0.1) is 0 Å². The number of carbonyl (C=O) groups excluding carboxylic acids is 2. The predicted molar refractivity (Wildman–Crippen MR) is 150 cm³/mol. The van der Waals surface area contributed by atoms with E-state index in [4.69, 9.17) is 4.74 Å². The predicted octanol–water partition coefficient (Wildman–Crippen LogP) is 4.62. The standard InChI is InChI=1S/C32H37N3O3/c1-38-30-14-10-24(11-15-30)20-33-31(36)27-18-28(22-35(21-27)17-16-23-6-3-2-4-7-23)32(37)34-29-13-12-25-8-5-9-26(25)19-29/h2-4,6-7,10-15,19,27-28H,5,8-9,16-18,20-22H2,1H3,(H,33,36)(H,34,37)/t27-,28+/m0/s1. The number of amides is 2. The van der Waals surface area contributed by atoms with Gasteiger partial charge in [0.25, 0.3) is 0 Å². The molecule has 0 aromatic heterocycles. The van der Waals surface area contributed by atoms with E-state index in [0.29, 0.717) is 26.1 Å². The van der Waals surface area contributed by atoms with Crippen LogP contribution in [0.1, 0.15) is 35.1 Å². The molecule has 5 rings (SSSR count). The Bertz CT molecular complexity index is 1240. The highest BCUT2D eigenvalue weighted by atomic mass is 16.5. The van der Waals surface area contributed by atoms with Gasteiger partial charge in [0.15, 0.2) is 0 Å². The molecule has 1 fully saturated rings. The van der Waals surface area contributed by atoms with Gasteiger partial charge in [0.1, 0.15) is 5.75 Å². The lowest BCUT2D eigenvalue weighted by molar-refractivity contribution is -0.130. The average molecular weight is 512 g/mol. The number of hydrogen-bond donors (Lipinski definition) is 2. The number of hydrogen-bond acceptors (Lipinski definition) is 4. The highest BCUT2D eigenvalue weighted by molar-refractivity contribution is 5.93. The number of benzene rings is 3. The van der Waals surface area contributed by atoms with E-state index >= 15 is 0 Å². The molecule has 3 aromatic rings.